The summed E-state index contributed by atoms with van der Waals surface area (Å²) in [6, 6.07) is 4.52. The van der Waals surface area contributed by atoms with E-state index in [1.165, 1.54) is 12.8 Å². The van der Waals surface area contributed by atoms with E-state index in [1.807, 2.05) is 43.2 Å². The molecule has 0 amide bonds. The van der Waals surface area contributed by atoms with E-state index in [4.69, 9.17) is 5.73 Å². The van der Waals surface area contributed by atoms with Crippen LogP contribution in [0.2, 0.25) is 0 Å². The Labute approximate surface area is 156 Å². The zero-order valence-corrected chi connectivity index (χ0v) is 15.2. The van der Waals surface area contributed by atoms with Gasteiger partial charge in [-0.25, -0.2) is 9.97 Å². The number of rotatable bonds is 4. The molecule has 1 saturated carbocycles. The first-order chi connectivity index (χ1) is 13.1. The Morgan fingerprint density at radius 2 is 2.04 bits per heavy atom. The van der Waals surface area contributed by atoms with Crippen molar-refractivity contribution in [2.75, 3.05) is 11.1 Å². The third kappa shape index (κ3) is 2.88. The van der Waals surface area contributed by atoms with E-state index in [2.05, 4.69) is 25.5 Å². The Balaban J connectivity index is 1.52. The third-order valence-corrected chi connectivity index (χ3v) is 4.84. The molecule has 8 nitrogen and oxygen atoms in total. The lowest BCUT2D eigenvalue weighted by molar-refractivity contribution is 0.642. The van der Waals surface area contributed by atoms with Gasteiger partial charge in [0.2, 0.25) is 5.95 Å². The van der Waals surface area contributed by atoms with E-state index < -0.39 is 0 Å². The smallest absolute Gasteiger partial charge is 0.227 e. The number of anilines is 3. The van der Waals surface area contributed by atoms with Crippen molar-refractivity contribution in [2.45, 2.75) is 25.8 Å². The first-order valence-electron chi connectivity index (χ1n) is 8.95. The topological polar surface area (TPSA) is 99.5 Å². The summed E-state index contributed by atoms with van der Waals surface area (Å²) in [7, 11) is 1.91. The maximum atomic E-state index is 6.26. The van der Waals surface area contributed by atoms with E-state index in [1.54, 1.807) is 17.1 Å². The van der Waals surface area contributed by atoms with Crippen LogP contribution < -0.4 is 11.1 Å². The molecule has 136 valence electrons. The molecule has 0 saturated heterocycles. The number of nitrogens with two attached hydrogens (primary N) is 1. The van der Waals surface area contributed by atoms with Crippen LogP contribution in [0.4, 0.5) is 17.3 Å². The van der Waals surface area contributed by atoms with Crippen LogP contribution in [0.5, 0.6) is 0 Å². The van der Waals surface area contributed by atoms with Gasteiger partial charge in [0.25, 0.3) is 0 Å². The van der Waals surface area contributed by atoms with Crippen molar-refractivity contribution in [1.29, 1.82) is 0 Å². The van der Waals surface area contributed by atoms with Gasteiger partial charge >= 0.3 is 0 Å². The number of aromatic nitrogens is 6. The molecular weight excluding hydrogens is 340 g/mol. The molecule has 1 aliphatic rings. The van der Waals surface area contributed by atoms with Gasteiger partial charge in [0, 0.05) is 42.3 Å². The van der Waals surface area contributed by atoms with Crippen molar-refractivity contribution in [3.63, 3.8) is 0 Å². The lowest BCUT2D eigenvalue weighted by Crippen LogP contribution is -1.98. The minimum Gasteiger partial charge on any atom is -0.398 e. The number of hydrogen-bond donors (Lipinski definition) is 2. The second-order valence-electron chi connectivity index (χ2n) is 7.06. The van der Waals surface area contributed by atoms with Gasteiger partial charge in [-0.2, -0.15) is 10.2 Å². The van der Waals surface area contributed by atoms with Crippen LogP contribution in [-0.2, 0) is 7.05 Å². The van der Waals surface area contributed by atoms with Crippen molar-refractivity contribution >= 4 is 28.2 Å². The summed E-state index contributed by atoms with van der Waals surface area (Å²) in [5.74, 6) is 0.525. The Bertz CT molecular complexity index is 1150. The van der Waals surface area contributed by atoms with Gasteiger partial charge in [-0.15, -0.1) is 0 Å². The van der Waals surface area contributed by atoms with Gasteiger partial charge in [-0.1, -0.05) is 0 Å². The average molecular weight is 360 g/mol. The molecule has 5 rings (SSSR count). The Kier molecular flexibility index (Phi) is 3.40. The first kappa shape index (κ1) is 15.8. The lowest BCUT2D eigenvalue weighted by Gasteiger charge is -2.08. The highest BCUT2D eigenvalue weighted by molar-refractivity contribution is 5.94. The molecule has 3 heterocycles. The predicted octanol–water partition coefficient (Wildman–Crippen LogP) is 3.20. The summed E-state index contributed by atoms with van der Waals surface area (Å²) in [5, 5.41) is 12.9. The fourth-order valence-corrected chi connectivity index (χ4v) is 3.33. The highest BCUT2D eigenvalue weighted by atomic mass is 15.3. The quantitative estimate of drug-likeness (QED) is 0.542. The molecule has 1 aromatic carbocycles. The number of nitrogens with one attached hydrogen (secondary N) is 1. The SMILES string of the molecule is Cc1nn(C)cc1-c1cc(N)c2cnc(Nc3cnn(C4CC4)c3)nc2c1. The molecule has 8 heteroatoms. The van der Waals surface area contributed by atoms with Crippen molar-refractivity contribution < 1.29 is 0 Å². The molecule has 1 aliphatic carbocycles. The Morgan fingerprint density at radius 3 is 2.78 bits per heavy atom. The van der Waals surface area contributed by atoms with Crippen LogP contribution in [0.25, 0.3) is 22.0 Å². The van der Waals surface area contributed by atoms with Crippen LogP contribution in [0, 0.1) is 6.92 Å². The van der Waals surface area contributed by atoms with Crippen molar-refractivity contribution in [3.05, 3.63) is 42.6 Å². The summed E-state index contributed by atoms with van der Waals surface area (Å²) in [6.45, 7) is 1.99. The first-order valence-corrected chi connectivity index (χ1v) is 8.95. The Hall–Kier alpha value is -3.42. The number of nitrogens with zero attached hydrogens (tertiary/aromatic N) is 6. The van der Waals surface area contributed by atoms with E-state index in [9.17, 15) is 0 Å². The fraction of sp³-hybridized carbons (Fsp3) is 0.263. The van der Waals surface area contributed by atoms with Gasteiger partial charge < -0.3 is 11.1 Å². The maximum absolute atomic E-state index is 6.26. The van der Waals surface area contributed by atoms with E-state index in [-0.39, 0.29) is 0 Å². The van der Waals surface area contributed by atoms with Gasteiger partial charge in [0.15, 0.2) is 0 Å². The number of fused-ring (bicyclic) bond motifs is 1. The Morgan fingerprint density at radius 1 is 1.19 bits per heavy atom. The summed E-state index contributed by atoms with van der Waals surface area (Å²) in [4.78, 5) is 9.06. The lowest BCUT2D eigenvalue weighted by atomic mass is 10.0. The summed E-state index contributed by atoms with van der Waals surface area (Å²) < 4.78 is 3.79. The van der Waals surface area contributed by atoms with Crippen LogP contribution >= 0.6 is 0 Å². The molecule has 0 aliphatic heterocycles. The molecule has 0 radical (unpaired) electrons. The molecule has 0 unspecified atom stereocenters. The molecule has 4 aromatic rings. The molecule has 1 fully saturated rings. The number of nitrogen functional groups attached to an aromatic ring is 1. The molecule has 3 aromatic heterocycles. The maximum Gasteiger partial charge on any atom is 0.227 e. The summed E-state index contributed by atoms with van der Waals surface area (Å²) >= 11 is 0. The molecule has 27 heavy (non-hydrogen) atoms. The molecular formula is C19H20N8. The normalized spacial score (nSPS) is 14.0. The van der Waals surface area contributed by atoms with Crippen molar-refractivity contribution in [3.8, 4) is 11.1 Å². The minimum atomic E-state index is 0.525. The third-order valence-electron chi connectivity index (χ3n) is 4.84. The molecule has 0 spiro atoms. The zero-order chi connectivity index (χ0) is 18.5. The van der Waals surface area contributed by atoms with Crippen LogP contribution in [0.1, 0.15) is 24.6 Å². The average Bonchev–Trinajstić information content (AvgIpc) is 3.29. The van der Waals surface area contributed by atoms with Crippen LogP contribution in [0.3, 0.4) is 0 Å². The van der Waals surface area contributed by atoms with Gasteiger partial charge in [-0.05, 0) is 37.5 Å². The summed E-state index contributed by atoms with van der Waals surface area (Å²) in [6.07, 6.45) is 9.94. The van der Waals surface area contributed by atoms with Crippen molar-refractivity contribution in [2.24, 2.45) is 7.05 Å². The van der Waals surface area contributed by atoms with E-state index in [0.29, 0.717) is 17.7 Å². The van der Waals surface area contributed by atoms with Gasteiger partial charge in [0.1, 0.15) is 0 Å². The highest BCUT2D eigenvalue weighted by Crippen LogP contribution is 2.35. The number of aryl methyl sites for hydroxylation is 2. The standard InChI is InChI=1S/C19H20N8/c1-11-16(10-26(2)25-11)12-5-17(20)15-8-21-19(24-18(15)6-12)23-13-7-22-27(9-13)14-3-4-14/h5-10,14H,3-4,20H2,1-2H3,(H,21,23,24). The monoisotopic (exact) mass is 360 g/mol. The summed E-state index contributed by atoms with van der Waals surface area (Å²) in [5.41, 5.74) is 11.6. The zero-order valence-electron chi connectivity index (χ0n) is 15.2. The molecule has 0 atom stereocenters. The second kappa shape index (κ2) is 5.80. The van der Waals surface area contributed by atoms with E-state index in [0.717, 1.165) is 33.4 Å². The highest BCUT2D eigenvalue weighted by Gasteiger charge is 2.24. The second-order valence-corrected chi connectivity index (χ2v) is 7.06. The van der Waals surface area contributed by atoms with Crippen molar-refractivity contribution in [1.82, 2.24) is 29.5 Å². The minimum absolute atomic E-state index is 0.525. The van der Waals surface area contributed by atoms with Gasteiger partial charge in [0.05, 0.1) is 29.1 Å². The predicted molar refractivity (Wildman–Crippen MR) is 105 cm³/mol. The van der Waals surface area contributed by atoms with Crippen LogP contribution in [-0.4, -0.2) is 29.5 Å². The van der Waals surface area contributed by atoms with Gasteiger partial charge in [-0.3, -0.25) is 9.36 Å². The van der Waals surface area contributed by atoms with E-state index >= 15 is 0 Å². The molecule has 3 N–H and O–H groups in total. The molecule has 0 bridgehead atoms. The van der Waals surface area contributed by atoms with Crippen LogP contribution in [0.15, 0.2) is 36.9 Å². The largest absolute Gasteiger partial charge is 0.398 e. The number of benzene rings is 1. The number of hydrogen-bond acceptors (Lipinski definition) is 6. The fourth-order valence-electron chi connectivity index (χ4n) is 3.33.